The summed E-state index contributed by atoms with van der Waals surface area (Å²) < 4.78 is 9.89. The van der Waals surface area contributed by atoms with Crippen molar-refractivity contribution in [2.24, 2.45) is 0 Å². The molecule has 1 aliphatic carbocycles. The third-order valence-corrected chi connectivity index (χ3v) is 2.72. The van der Waals surface area contributed by atoms with Crippen molar-refractivity contribution in [3.63, 3.8) is 0 Å². The molecule has 0 spiro atoms. The molecule has 4 heteroatoms. The fourth-order valence-corrected chi connectivity index (χ4v) is 1.90. The lowest BCUT2D eigenvalue weighted by Crippen LogP contribution is -2.37. The molecule has 82 valence electrons. The van der Waals surface area contributed by atoms with Crippen LogP contribution in [0.15, 0.2) is 0 Å². The van der Waals surface area contributed by atoms with Crippen LogP contribution in [0.25, 0.3) is 0 Å². The first-order valence-corrected chi connectivity index (χ1v) is 5.11. The van der Waals surface area contributed by atoms with Gasteiger partial charge in [0.05, 0.1) is 19.6 Å². The Morgan fingerprint density at radius 3 is 2.86 bits per heavy atom. The third-order valence-electron chi connectivity index (χ3n) is 2.72. The number of ether oxygens (including phenoxy) is 2. The van der Waals surface area contributed by atoms with Crippen molar-refractivity contribution in [3.05, 3.63) is 0 Å². The minimum Gasteiger partial charge on any atom is -0.469 e. The first kappa shape index (κ1) is 11.5. The van der Waals surface area contributed by atoms with E-state index in [1.54, 1.807) is 7.11 Å². The van der Waals surface area contributed by atoms with Crippen molar-refractivity contribution < 1.29 is 14.3 Å². The van der Waals surface area contributed by atoms with E-state index in [4.69, 9.17) is 4.74 Å². The van der Waals surface area contributed by atoms with Crippen LogP contribution in [0.2, 0.25) is 0 Å². The minimum absolute atomic E-state index is 0.163. The van der Waals surface area contributed by atoms with Crippen molar-refractivity contribution in [2.45, 2.75) is 37.8 Å². The molecule has 0 aromatic rings. The van der Waals surface area contributed by atoms with E-state index in [1.807, 2.05) is 0 Å². The maximum atomic E-state index is 10.8. The molecule has 0 bridgehead atoms. The molecule has 1 aliphatic rings. The molecule has 0 saturated heterocycles. The van der Waals surface area contributed by atoms with Gasteiger partial charge in [-0.05, 0) is 19.3 Å². The second kappa shape index (κ2) is 5.98. The molecule has 1 N–H and O–H groups in total. The molecule has 0 radical (unpaired) electrons. The van der Waals surface area contributed by atoms with Crippen molar-refractivity contribution in [1.29, 1.82) is 0 Å². The first-order valence-electron chi connectivity index (χ1n) is 5.11. The summed E-state index contributed by atoms with van der Waals surface area (Å²) in [6.45, 7) is 0.678. The maximum absolute atomic E-state index is 10.8. The van der Waals surface area contributed by atoms with Crippen LogP contribution in [-0.2, 0) is 14.3 Å². The summed E-state index contributed by atoms with van der Waals surface area (Å²) in [6, 6.07) is 0.407. The Hall–Kier alpha value is -0.610. The highest BCUT2D eigenvalue weighted by atomic mass is 16.5. The maximum Gasteiger partial charge on any atom is 0.306 e. The molecular weight excluding hydrogens is 182 g/mol. The van der Waals surface area contributed by atoms with Crippen LogP contribution in [-0.4, -0.2) is 38.9 Å². The summed E-state index contributed by atoms with van der Waals surface area (Å²) in [5.41, 5.74) is 0. The van der Waals surface area contributed by atoms with Crippen LogP contribution in [0.3, 0.4) is 0 Å². The largest absolute Gasteiger partial charge is 0.469 e. The van der Waals surface area contributed by atoms with E-state index in [2.05, 4.69) is 10.1 Å². The van der Waals surface area contributed by atoms with Crippen molar-refractivity contribution in [1.82, 2.24) is 5.32 Å². The molecule has 0 aliphatic heterocycles. The quantitative estimate of drug-likeness (QED) is 0.665. The van der Waals surface area contributed by atoms with Crippen LogP contribution in [0, 0.1) is 0 Å². The summed E-state index contributed by atoms with van der Waals surface area (Å²) in [7, 11) is 3.15. The monoisotopic (exact) mass is 201 g/mol. The molecule has 0 heterocycles. The average Bonchev–Trinajstić information content (AvgIpc) is 2.65. The van der Waals surface area contributed by atoms with Crippen molar-refractivity contribution in [2.75, 3.05) is 20.8 Å². The number of rotatable bonds is 5. The zero-order valence-corrected chi connectivity index (χ0v) is 8.91. The number of carbonyl (C=O) groups is 1. The van der Waals surface area contributed by atoms with E-state index in [0.717, 1.165) is 12.8 Å². The van der Waals surface area contributed by atoms with Gasteiger partial charge >= 0.3 is 5.97 Å². The fourth-order valence-electron chi connectivity index (χ4n) is 1.90. The fraction of sp³-hybridized carbons (Fsp3) is 0.900. The summed E-state index contributed by atoms with van der Waals surface area (Å²) >= 11 is 0. The van der Waals surface area contributed by atoms with E-state index < -0.39 is 0 Å². The summed E-state index contributed by atoms with van der Waals surface area (Å²) in [5.74, 6) is -0.163. The lowest BCUT2D eigenvalue weighted by molar-refractivity contribution is -0.140. The molecule has 14 heavy (non-hydrogen) atoms. The van der Waals surface area contributed by atoms with Gasteiger partial charge in [-0.25, -0.2) is 0 Å². The Bertz CT molecular complexity index is 184. The average molecular weight is 201 g/mol. The Morgan fingerprint density at radius 1 is 1.43 bits per heavy atom. The number of esters is 1. The van der Waals surface area contributed by atoms with Gasteiger partial charge in [-0.15, -0.1) is 0 Å². The number of hydrogen-bond acceptors (Lipinski definition) is 4. The summed E-state index contributed by atoms with van der Waals surface area (Å²) in [5, 5.41) is 3.32. The summed E-state index contributed by atoms with van der Waals surface area (Å²) in [6.07, 6.45) is 4.21. The molecule has 1 saturated carbocycles. The molecule has 2 atom stereocenters. The predicted octanol–water partition coefficient (Wildman–Crippen LogP) is 0.707. The number of carbonyl (C=O) groups excluding carboxylic acids is 1. The van der Waals surface area contributed by atoms with Gasteiger partial charge in [-0.1, -0.05) is 0 Å². The second-order valence-electron chi connectivity index (χ2n) is 3.59. The zero-order chi connectivity index (χ0) is 10.4. The van der Waals surface area contributed by atoms with Gasteiger partial charge in [0.25, 0.3) is 0 Å². The molecule has 0 aromatic heterocycles. The SMILES string of the molecule is COC(=O)CCNC1CCCC1OC. The van der Waals surface area contributed by atoms with Crippen LogP contribution >= 0.6 is 0 Å². The lowest BCUT2D eigenvalue weighted by atomic mass is 10.2. The van der Waals surface area contributed by atoms with Gasteiger partial charge in [0.15, 0.2) is 0 Å². The van der Waals surface area contributed by atoms with E-state index in [0.29, 0.717) is 25.1 Å². The first-order chi connectivity index (χ1) is 6.77. The number of methoxy groups -OCH3 is 2. The second-order valence-corrected chi connectivity index (χ2v) is 3.59. The Labute approximate surface area is 85.0 Å². The van der Waals surface area contributed by atoms with E-state index in [1.165, 1.54) is 13.5 Å². The van der Waals surface area contributed by atoms with Crippen LogP contribution in [0.1, 0.15) is 25.7 Å². The van der Waals surface area contributed by atoms with Crippen molar-refractivity contribution >= 4 is 5.97 Å². The Kier molecular flexibility index (Phi) is 4.90. The van der Waals surface area contributed by atoms with Gasteiger partial charge in [-0.3, -0.25) is 4.79 Å². The molecule has 2 unspecified atom stereocenters. The molecule has 1 rings (SSSR count). The highest BCUT2D eigenvalue weighted by molar-refractivity contribution is 5.69. The van der Waals surface area contributed by atoms with Crippen LogP contribution in [0.5, 0.6) is 0 Å². The molecule has 1 fully saturated rings. The van der Waals surface area contributed by atoms with E-state index in [9.17, 15) is 4.79 Å². The highest BCUT2D eigenvalue weighted by Gasteiger charge is 2.26. The van der Waals surface area contributed by atoms with Gasteiger partial charge in [0.2, 0.25) is 0 Å². The van der Waals surface area contributed by atoms with E-state index >= 15 is 0 Å². The van der Waals surface area contributed by atoms with Crippen molar-refractivity contribution in [3.8, 4) is 0 Å². The van der Waals surface area contributed by atoms with Crippen LogP contribution in [0.4, 0.5) is 0 Å². The van der Waals surface area contributed by atoms with Gasteiger partial charge in [0.1, 0.15) is 0 Å². The smallest absolute Gasteiger partial charge is 0.306 e. The summed E-state index contributed by atoms with van der Waals surface area (Å²) in [4.78, 5) is 10.8. The van der Waals surface area contributed by atoms with Gasteiger partial charge in [-0.2, -0.15) is 0 Å². The lowest BCUT2D eigenvalue weighted by Gasteiger charge is -2.19. The topological polar surface area (TPSA) is 47.6 Å². The normalized spacial score (nSPS) is 26.4. The standard InChI is InChI=1S/C10H19NO3/c1-13-9-5-3-4-8(9)11-7-6-10(12)14-2/h8-9,11H,3-7H2,1-2H3. The Balaban J connectivity index is 2.14. The minimum atomic E-state index is -0.163. The molecule has 0 aromatic carbocycles. The predicted molar refractivity (Wildman–Crippen MR) is 53.1 cm³/mol. The Morgan fingerprint density at radius 2 is 2.21 bits per heavy atom. The molecule has 0 amide bonds. The van der Waals surface area contributed by atoms with Gasteiger partial charge in [0, 0.05) is 19.7 Å². The highest BCUT2D eigenvalue weighted by Crippen LogP contribution is 2.21. The third kappa shape index (κ3) is 3.27. The van der Waals surface area contributed by atoms with E-state index in [-0.39, 0.29) is 5.97 Å². The number of nitrogens with one attached hydrogen (secondary N) is 1. The zero-order valence-electron chi connectivity index (χ0n) is 8.91. The molecule has 4 nitrogen and oxygen atoms in total. The molecular formula is C10H19NO3. The number of hydrogen-bond donors (Lipinski definition) is 1. The van der Waals surface area contributed by atoms with Crippen LogP contribution < -0.4 is 5.32 Å². The van der Waals surface area contributed by atoms with Gasteiger partial charge < -0.3 is 14.8 Å².